The van der Waals surface area contributed by atoms with Crippen LogP contribution in [0.3, 0.4) is 0 Å². The summed E-state index contributed by atoms with van der Waals surface area (Å²) in [4.78, 5) is 15.6. The number of fused-ring (bicyclic) bond motifs is 2. The van der Waals surface area contributed by atoms with E-state index in [1.807, 2.05) is 42.5 Å². The second-order valence-electron chi connectivity index (χ2n) is 10.2. The highest BCUT2D eigenvalue weighted by Crippen LogP contribution is 2.40. The Bertz CT molecular complexity index is 1350. The van der Waals surface area contributed by atoms with Gasteiger partial charge in [0.2, 0.25) is 5.91 Å². The van der Waals surface area contributed by atoms with Gasteiger partial charge in [-0.2, -0.15) is 0 Å². The van der Waals surface area contributed by atoms with Crippen molar-refractivity contribution < 1.29 is 28.1 Å². The Kier molecular flexibility index (Phi) is 8.75. The van der Waals surface area contributed by atoms with Crippen molar-refractivity contribution in [1.29, 1.82) is 0 Å². The maximum Gasteiger partial charge on any atom is 0.234 e. The number of amides is 1. The number of hydrogen-bond donors (Lipinski definition) is 1. The third-order valence-corrected chi connectivity index (χ3v) is 7.92. The van der Waals surface area contributed by atoms with E-state index in [1.54, 1.807) is 21.3 Å². The van der Waals surface area contributed by atoms with E-state index in [0.29, 0.717) is 36.0 Å². The van der Waals surface area contributed by atoms with E-state index < -0.39 is 6.67 Å². The molecule has 3 aromatic carbocycles. The van der Waals surface area contributed by atoms with Gasteiger partial charge in [0.1, 0.15) is 13.3 Å². The van der Waals surface area contributed by atoms with Gasteiger partial charge >= 0.3 is 0 Å². The second-order valence-corrected chi connectivity index (χ2v) is 10.2. The summed E-state index contributed by atoms with van der Waals surface area (Å²) in [5.74, 6) is 2.41. The zero-order valence-corrected chi connectivity index (χ0v) is 23.4. The van der Waals surface area contributed by atoms with Crippen molar-refractivity contribution in [2.75, 3.05) is 47.7 Å². The molecule has 1 aliphatic carbocycles. The topological polar surface area (TPSA) is 69.3 Å². The summed E-state index contributed by atoms with van der Waals surface area (Å²) in [6.07, 6.45) is 3.29. The molecule has 1 N–H and O–H groups in total. The van der Waals surface area contributed by atoms with E-state index in [0.717, 1.165) is 36.0 Å². The molecular formula is C32H37FN2O5. The summed E-state index contributed by atoms with van der Waals surface area (Å²) in [5, 5.41) is 3.28. The summed E-state index contributed by atoms with van der Waals surface area (Å²) in [7, 11) is 4.83. The largest absolute Gasteiger partial charge is 0.493 e. The van der Waals surface area contributed by atoms with E-state index >= 15 is 0 Å². The number of methoxy groups -OCH3 is 3. The molecule has 1 amide bonds. The fourth-order valence-corrected chi connectivity index (χ4v) is 5.97. The van der Waals surface area contributed by atoms with Crippen molar-refractivity contribution in [3.05, 3.63) is 82.4 Å². The van der Waals surface area contributed by atoms with Gasteiger partial charge in [-0.3, -0.25) is 9.69 Å². The quantitative estimate of drug-likeness (QED) is 0.364. The number of hydrogen-bond acceptors (Lipinski definition) is 6. The highest BCUT2D eigenvalue weighted by Gasteiger charge is 2.32. The molecular weight excluding hydrogens is 511 g/mol. The number of halogens is 1. The molecule has 7 nitrogen and oxygen atoms in total. The minimum Gasteiger partial charge on any atom is -0.493 e. The highest BCUT2D eigenvalue weighted by atomic mass is 19.1. The average molecular weight is 549 g/mol. The molecule has 0 saturated carbocycles. The van der Waals surface area contributed by atoms with Gasteiger partial charge in [0, 0.05) is 12.6 Å². The Morgan fingerprint density at radius 1 is 0.900 bits per heavy atom. The number of carbonyl (C=O) groups excluding carboxylic acids is 1. The Hall–Kier alpha value is -3.78. The number of nitrogens with one attached hydrogen (secondary N) is 1. The summed E-state index contributed by atoms with van der Waals surface area (Å²) in [6.45, 7) is 0.340. The molecule has 2 unspecified atom stereocenters. The van der Waals surface area contributed by atoms with Crippen LogP contribution < -0.4 is 24.3 Å². The average Bonchev–Trinajstić information content (AvgIpc) is 3.39. The maximum atomic E-state index is 13.4. The van der Waals surface area contributed by atoms with Crippen LogP contribution in [0.1, 0.15) is 46.3 Å². The molecule has 0 bridgehead atoms. The van der Waals surface area contributed by atoms with Gasteiger partial charge in [-0.25, -0.2) is 4.39 Å². The Balaban J connectivity index is 1.43. The Morgan fingerprint density at radius 2 is 1.68 bits per heavy atom. The lowest BCUT2D eigenvalue weighted by Crippen LogP contribution is -2.44. The number of aryl methyl sites for hydroxylation is 1. The van der Waals surface area contributed by atoms with Crippen LogP contribution >= 0.6 is 0 Å². The predicted molar refractivity (Wildman–Crippen MR) is 151 cm³/mol. The van der Waals surface area contributed by atoms with E-state index in [2.05, 4.69) is 22.3 Å². The lowest BCUT2D eigenvalue weighted by Gasteiger charge is -2.38. The third kappa shape index (κ3) is 5.87. The standard InChI is InChI=1S/C32H37FN2O5/c1-37-28-11-8-21(17-29(28)38-2)16-27-25-19-31(40-15-13-33)30(39-3)18-23(25)12-14-35(27)20-32(36)34-26-10-9-22-6-4-5-7-24(22)26/h4-8,11,17-19,26-27H,9-10,12-16,20H2,1-3H3,(H,34,36). The van der Waals surface area contributed by atoms with Gasteiger partial charge < -0.3 is 24.3 Å². The summed E-state index contributed by atoms with van der Waals surface area (Å²) in [6, 6.07) is 18.1. The van der Waals surface area contributed by atoms with Gasteiger partial charge in [-0.05, 0) is 77.8 Å². The van der Waals surface area contributed by atoms with Gasteiger partial charge in [0.25, 0.3) is 0 Å². The second kappa shape index (κ2) is 12.6. The molecule has 0 fully saturated rings. The molecule has 0 aromatic heterocycles. The number of alkyl halides is 1. The molecule has 0 spiro atoms. The zero-order chi connectivity index (χ0) is 28.1. The van der Waals surface area contributed by atoms with E-state index in [9.17, 15) is 9.18 Å². The molecule has 2 atom stereocenters. The number of rotatable bonds is 11. The first-order valence-electron chi connectivity index (χ1n) is 13.8. The minimum atomic E-state index is -0.591. The van der Waals surface area contributed by atoms with Crippen molar-refractivity contribution in [2.45, 2.75) is 37.8 Å². The van der Waals surface area contributed by atoms with Crippen molar-refractivity contribution in [2.24, 2.45) is 0 Å². The van der Waals surface area contributed by atoms with Gasteiger partial charge in [0.05, 0.1) is 33.9 Å². The summed E-state index contributed by atoms with van der Waals surface area (Å²) >= 11 is 0. The third-order valence-electron chi connectivity index (χ3n) is 7.92. The van der Waals surface area contributed by atoms with Crippen molar-refractivity contribution in [3.63, 3.8) is 0 Å². The normalized spacial score (nSPS) is 18.0. The van der Waals surface area contributed by atoms with E-state index in [-0.39, 0.29) is 31.1 Å². The van der Waals surface area contributed by atoms with Crippen LogP contribution in [0.25, 0.3) is 0 Å². The van der Waals surface area contributed by atoms with Crippen LogP contribution in [-0.4, -0.2) is 58.5 Å². The molecule has 2 aliphatic rings. The maximum absolute atomic E-state index is 13.4. The van der Waals surface area contributed by atoms with Crippen LogP contribution in [-0.2, 0) is 24.1 Å². The molecule has 1 aliphatic heterocycles. The number of ether oxygens (including phenoxy) is 4. The molecule has 0 radical (unpaired) electrons. The molecule has 40 heavy (non-hydrogen) atoms. The number of carbonyl (C=O) groups is 1. The van der Waals surface area contributed by atoms with E-state index in [1.165, 1.54) is 11.1 Å². The highest BCUT2D eigenvalue weighted by molar-refractivity contribution is 5.79. The van der Waals surface area contributed by atoms with Crippen LogP contribution in [0.5, 0.6) is 23.0 Å². The molecule has 3 aromatic rings. The molecule has 5 rings (SSSR count). The predicted octanol–water partition coefficient (Wildman–Crippen LogP) is 5.01. The van der Waals surface area contributed by atoms with Crippen LogP contribution in [0.2, 0.25) is 0 Å². The summed E-state index contributed by atoms with van der Waals surface area (Å²) in [5.41, 5.74) is 5.75. The lowest BCUT2D eigenvalue weighted by molar-refractivity contribution is -0.123. The van der Waals surface area contributed by atoms with Crippen LogP contribution in [0.4, 0.5) is 4.39 Å². The first kappa shape index (κ1) is 27.8. The van der Waals surface area contributed by atoms with Gasteiger partial charge in [-0.1, -0.05) is 30.3 Å². The minimum absolute atomic E-state index is 0.00452. The molecule has 1 heterocycles. The Morgan fingerprint density at radius 3 is 2.45 bits per heavy atom. The smallest absolute Gasteiger partial charge is 0.234 e. The lowest BCUT2D eigenvalue weighted by atomic mass is 9.88. The van der Waals surface area contributed by atoms with Crippen molar-refractivity contribution in [3.8, 4) is 23.0 Å². The van der Waals surface area contributed by atoms with E-state index in [4.69, 9.17) is 18.9 Å². The zero-order valence-electron chi connectivity index (χ0n) is 23.4. The van der Waals surface area contributed by atoms with Crippen molar-refractivity contribution >= 4 is 5.91 Å². The fourth-order valence-electron chi connectivity index (χ4n) is 5.97. The van der Waals surface area contributed by atoms with Gasteiger partial charge in [-0.15, -0.1) is 0 Å². The SMILES string of the molecule is COc1ccc(CC2c3cc(OCCF)c(OC)cc3CCN2CC(=O)NC2CCc3ccccc32)cc1OC. The molecule has 212 valence electrons. The molecule has 8 heteroatoms. The van der Waals surface area contributed by atoms with Gasteiger partial charge in [0.15, 0.2) is 23.0 Å². The Labute approximate surface area is 235 Å². The first-order valence-corrected chi connectivity index (χ1v) is 13.8. The fraction of sp³-hybridized carbons (Fsp3) is 0.406. The van der Waals surface area contributed by atoms with Crippen molar-refractivity contribution in [1.82, 2.24) is 10.2 Å². The molecule has 0 saturated heterocycles. The van der Waals surface area contributed by atoms with Crippen LogP contribution in [0, 0.1) is 0 Å². The van der Waals surface area contributed by atoms with Crippen LogP contribution in [0.15, 0.2) is 54.6 Å². The monoisotopic (exact) mass is 548 g/mol. The first-order chi connectivity index (χ1) is 19.5. The number of nitrogens with zero attached hydrogens (tertiary/aromatic N) is 1. The number of benzene rings is 3. The summed E-state index contributed by atoms with van der Waals surface area (Å²) < 4.78 is 35.2.